The molecule has 0 radical (unpaired) electrons. The Morgan fingerprint density at radius 3 is 2.46 bits per heavy atom. The van der Waals surface area contributed by atoms with E-state index in [0.29, 0.717) is 24.2 Å². The van der Waals surface area contributed by atoms with Gasteiger partial charge in [0.2, 0.25) is 11.8 Å². The maximum atomic E-state index is 12.4. The van der Waals surface area contributed by atoms with Gasteiger partial charge >= 0.3 is 0 Å². The molecule has 26 heavy (non-hydrogen) atoms. The van der Waals surface area contributed by atoms with Crippen LogP contribution in [0.4, 0.5) is 11.4 Å². The Labute approximate surface area is 154 Å². The molecule has 1 aliphatic rings. The second-order valence-corrected chi connectivity index (χ2v) is 6.74. The van der Waals surface area contributed by atoms with Gasteiger partial charge in [-0.25, -0.2) is 0 Å². The molecule has 0 aliphatic carbocycles. The molecule has 1 heterocycles. The summed E-state index contributed by atoms with van der Waals surface area (Å²) in [6.45, 7) is 0.954. The highest BCUT2D eigenvalue weighted by molar-refractivity contribution is 5.96. The van der Waals surface area contributed by atoms with Gasteiger partial charge in [0, 0.05) is 17.8 Å². The molecule has 0 saturated carbocycles. The smallest absolute Gasteiger partial charge is 0.241 e. The molecular weight excluding hydrogens is 326 g/mol. The van der Waals surface area contributed by atoms with E-state index in [1.54, 1.807) is 6.07 Å². The van der Waals surface area contributed by atoms with Crippen molar-refractivity contribution in [1.29, 1.82) is 0 Å². The lowest BCUT2D eigenvalue weighted by atomic mass is 10.1. The molecule has 0 bridgehead atoms. The number of likely N-dealkylation sites (N-methyl/N-ethyl adjacent to an activating group) is 1. The first-order valence-electron chi connectivity index (χ1n) is 9.07. The number of hydrogen-bond donors (Lipinski definition) is 2. The third kappa shape index (κ3) is 4.92. The van der Waals surface area contributed by atoms with Crippen LogP contribution >= 0.6 is 0 Å². The van der Waals surface area contributed by atoms with Crippen LogP contribution in [-0.2, 0) is 16.0 Å². The minimum Gasteiger partial charge on any atom is -0.326 e. The molecule has 1 saturated heterocycles. The first-order chi connectivity index (χ1) is 12.6. The monoisotopic (exact) mass is 351 g/mol. The second kappa shape index (κ2) is 8.63. The van der Waals surface area contributed by atoms with Gasteiger partial charge in [0.1, 0.15) is 0 Å². The van der Waals surface area contributed by atoms with E-state index >= 15 is 0 Å². The van der Waals surface area contributed by atoms with Crippen LogP contribution in [0.5, 0.6) is 0 Å². The Kier molecular flexibility index (Phi) is 6.02. The summed E-state index contributed by atoms with van der Waals surface area (Å²) in [5, 5.41) is 5.86. The van der Waals surface area contributed by atoms with Gasteiger partial charge in [-0.05, 0) is 56.6 Å². The number of benzene rings is 2. The molecule has 0 aromatic heterocycles. The fraction of sp³-hybridized carbons (Fsp3) is 0.333. The van der Waals surface area contributed by atoms with Crippen molar-refractivity contribution in [3.05, 3.63) is 60.2 Å². The number of rotatable bonds is 6. The van der Waals surface area contributed by atoms with Crippen LogP contribution in [0, 0.1) is 0 Å². The molecule has 2 aromatic carbocycles. The lowest BCUT2D eigenvalue weighted by Crippen LogP contribution is -2.37. The maximum Gasteiger partial charge on any atom is 0.241 e. The Hall–Kier alpha value is -2.66. The van der Waals surface area contributed by atoms with Gasteiger partial charge in [0.25, 0.3) is 0 Å². The maximum absolute atomic E-state index is 12.4. The number of likely N-dealkylation sites (tertiary alicyclic amines) is 1. The fourth-order valence-corrected chi connectivity index (χ4v) is 3.27. The minimum atomic E-state index is -0.0703. The SMILES string of the molecule is CN1CCC[C@H]1C(=O)Nc1cccc(NC(=O)CCc2ccccc2)c1. The Morgan fingerprint density at radius 1 is 1.04 bits per heavy atom. The van der Waals surface area contributed by atoms with Crippen molar-refractivity contribution in [1.82, 2.24) is 4.90 Å². The van der Waals surface area contributed by atoms with Crippen molar-refractivity contribution in [3.63, 3.8) is 0 Å². The average molecular weight is 351 g/mol. The topological polar surface area (TPSA) is 61.4 Å². The summed E-state index contributed by atoms with van der Waals surface area (Å²) in [6, 6.07) is 17.2. The van der Waals surface area contributed by atoms with Gasteiger partial charge in [0.15, 0.2) is 0 Å². The number of aryl methyl sites for hydroxylation is 1. The molecule has 1 atom stereocenters. The van der Waals surface area contributed by atoms with E-state index < -0.39 is 0 Å². The first-order valence-corrected chi connectivity index (χ1v) is 9.07. The van der Waals surface area contributed by atoms with E-state index in [-0.39, 0.29) is 17.9 Å². The zero-order valence-corrected chi connectivity index (χ0v) is 15.1. The van der Waals surface area contributed by atoms with Gasteiger partial charge in [-0.3, -0.25) is 14.5 Å². The summed E-state index contributed by atoms with van der Waals surface area (Å²) < 4.78 is 0. The zero-order chi connectivity index (χ0) is 18.4. The number of amides is 2. The summed E-state index contributed by atoms with van der Waals surface area (Å²) >= 11 is 0. The molecular formula is C21H25N3O2. The Bertz CT molecular complexity index is 761. The van der Waals surface area contributed by atoms with E-state index in [9.17, 15) is 9.59 Å². The van der Waals surface area contributed by atoms with Crippen LogP contribution in [0.1, 0.15) is 24.8 Å². The van der Waals surface area contributed by atoms with Crippen LogP contribution in [0.15, 0.2) is 54.6 Å². The number of hydrogen-bond acceptors (Lipinski definition) is 3. The van der Waals surface area contributed by atoms with E-state index in [4.69, 9.17) is 0 Å². The predicted octanol–water partition coefficient (Wildman–Crippen LogP) is 3.29. The zero-order valence-electron chi connectivity index (χ0n) is 15.1. The summed E-state index contributed by atoms with van der Waals surface area (Å²) in [4.78, 5) is 26.6. The highest BCUT2D eigenvalue weighted by atomic mass is 16.2. The molecule has 2 N–H and O–H groups in total. The van der Waals surface area contributed by atoms with Gasteiger partial charge in [0.05, 0.1) is 6.04 Å². The third-order valence-corrected chi connectivity index (χ3v) is 4.72. The fourth-order valence-electron chi connectivity index (χ4n) is 3.27. The van der Waals surface area contributed by atoms with Crippen molar-refractivity contribution < 1.29 is 9.59 Å². The number of nitrogens with one attached hydrogen (secondary N) is 2. The largest absolute Gasteiger partial charge is 0.326 e. The van der Waals surface area contributed by atoms with E-state index in [1.807, 2.05) is 55.6 Å². The molecule has 3 rings (SSSR count). The minimum absolute atomic E-state index is 0.0116. The normalized spacial score (nSPS) is 17.0. The summed E-state index contributed by atoms with van der Waals surface area (Å²) in [5.41, 5.74) is 2.54. The van der Waals surface area contributed by atoms with Crippen LogP contribution < -0.4 is 10.6 Å². The lowest BCUT2D eigenvalue weighted by Gasteiger charge is -2.18. The molecule has 2 aromatic rings. The van der Waals surface area contributed by atoms with Crippen molar-refractivity contribution in [2.45, 2.75) is 31.7 Å². The van der Waals surface area contributed by atoms with E-state index in [2.05, 4.69) is 15.5 Å². The number of carbonyl (C=O) groups is 2. The number of nitrogens with zero attached hydrogens (tertiary/aromatic N) is 1. The molecule has 136 valence electrons. The highest BCUT2D eigenvalue weighted by Crippen LogP contribution is 2.19. The molecule has 0 spiro atoms. The highest BCUT2D eigenvalue weighted by Gasteiger charge is 2.27. The van der Waals surface area contributed by atoms with Gasteiger partial charge < -0.3 is 10.6 Å². The first kappa shape index (κ1) is 18.1. The standard InChI is InChI=1S/C21H25N3O2/c1-24-14-6-11-19(24)21(26)23-18-10-5-9-17(15-18)22-20(25)13-12-16-7-3-2-4-8-16/h2-5,7-10,15,19H,6,11-14H2,1H3,(H,22,25)(H,23,26)/t19-/m0/s1. The van der Waals surface area contributed by atoms with Gasteiger partial charge in [-0.1, -0.05) is 36.4 Å². The van der Waals surface area contributed by atoms with E-state index in [0.717, 1.165) is 24.9 Å². The summed E-state index contributed by atoms with van der Waals surface area (Å²) in [7, 11) is 1.97. The Balaban J connectivity index is 1.53. The third-order valence-electron chi connectivity index (χ3n) is 4.72. The molecule has 5 nitrogen and oxygen atoms in total. The second-order valence-electron chi connectivity index (χ2n) is 6.74. The van der Waals surface area contributed by atoms with Crippen molar-refractivity contribution >= 4 is 23.2 Å². The predicted molar refractivity (Wildman–Crippen MR) is 104 cm³/mol. The molecule has 1 fully saturated rings. The van der Waals surface area contributed by atoms with E-state index in [1.165, 1.54) is 0 Å². The van der Waals surface area contributed by atoms with Crippen LogP contribution in [0.3, 0.4) is 0 Å². The van der Waals surface area contributed by atoms with Crippen LogP contribution in [-0.4, -0.2) is 36.3 Å². The quantitative estimate of drug-likeness (QED) is 0.839. The van der Waals surface area contributed by atoms with Gasteiger partial charge in [-0.15, -0.1) is 0 Å². The molecule has 0 unspecified atom stereocenters. The van der Waals surface area contributed by atoms with Crippen LogP contribution in [0.2, 0.25) is 0 Å². The lowest BCUT2D eigenvalue weighted by molar-refractivity contribution is -0.120. The number of carbonyl (C=O) groups excluding carboxylic acids is 2. The number of anilines is 2. The Morgan fingerprint density at radius 2 is 1.77 bits per heavy atom. The van der Waals surface area contributed by atoms with Gasteiger partial charge in [-0.2, -0.15) is 0 Å². The molecule has 5 heteroatoms. The average Bonchev–Trinajstić information content (AvgIpc) is 3.07. The summed E-state index contributed by atoms with van der Waals surface area (Å²) in [5.74, 6) is -0.0228. The summed E-state index contributed by atoms with van der Waals surface area (Å²) in [6.07, 6.45) is 3.06. The van der Waals surface area contributed by atoms with Crippen molar-refractivity contribution in [2.24, 2.45) is 0 Å². The van der Waals surface area contributed by atoms with Crippen LogP contribution in [0.25, 0.3) is 0 Å². The molecule has 1 aliphatic heterocycles. The van der Waals surface area contributed by atoms with Crippen molar-refractivity contribution in [2.75, 3.05) is 24.2 Å². The molecule has 2 amide bonds. The van der Waals surface area contributed by atoms with Crippen molar-refractivity contribution in [3.8, 4) is 0 Å².